The van der Waals surface area contributed by atoms with Gasteiger partial charge in [-0.05, 0) is 57.1 Å². The van der Waals surface area contributed by atoms with Crippen LogP contribution in [0.3, 0.4) is 0 Å². The fourth-order valence-electron chi connectivity index (χ4n) is 2.94. The monoisotopic (exact) mass is 333 g/mol. The molecule has 1 amide bonds. The second-order valence-electron chi connectivity index (χ2n) is 6.23. The Bertz CT molecular complexity index is 307. The minimum Gasteiger partial charge on any atom is -0.349 e. The summed E-state index contributed by atoms with van der Waals surface area (Å²) in [6.45, 7) is 4.42. The average Bonchev–Trinajstić information content (AvgIpc) is 2.81. The molecule has 104 valence electrons. The molecule has 0 bridgehead atoms. The van der Waals surface area contributed by atoms with E-state index >= 15 is 0 Å². The molecule has 2 aliphatic rings. The standard InChI is InChI=1S/C14H24BrNOS/c1-11-4-7-14(10-15,8-5-11)16-12(17)13(2)6-3-9-18-13/h11H,3-10H2,1-2H3,(H,16,17). The van der Waals surface area contributed by atoms with Gasteiger partial charge in [-0.25, -0.2) is 0 Å². The van der Waals surface area contributed by atoms with Crippen LogP contribution in [0.4, 0.5) is 0 Å². The molecule has 0 aromatic heterocycles. The summed E-state index contributed by atoms with van der Waals surface area (Å²) >= 11 is 5.44. The minimum absolute atomic E-state index is 0.00968. The number of hydrogen-bond donors (Lipinski definition) is 1. The first-order valence-electron chi connectivity index (χ1n) is 7.02. The molecule has 1 saturated heterocycles. The van der Waals surface area contributed by atoms with Crippen molar-refractivity contribution in [3.63, 3.8) is 0 Å². The molecule has 18 heavy (non-hydrogen) atoms. The van der Waals surface area contributed by atoms with Crippen molar-refractivity contribution in [3.8, 4) is 0 Å². The SMILES string of the molecule is CC1CCC(CBr)(NC(=O)C2(C)CCCS2)CC1. The van der Waals surface area contributed by atoms with E-state index < -0.39 is 0 Å². The number of halogens is 1. The summed E-state index contributed by atoms with van der Waals surface area (Å²) in [4.78, 5) is 12.5. The number of rotatable bonds is 3. The van der Waals surface area contributed by atoms with Gasteiger partial charge >= 0.3 is 0 Å². The van der Waals surface area contributed by atoms with Gasteiger partial charge in [0.25, 0.3) is 0 Å². The Balaban J connectivity index is 1.99. The molecule has 0 aromatic carbocycles. The third kappa shape index (κ3) is 3.06. The van der Waals surface area contributed by atoms with Gasteiger partial charge in [-0.1, -0.05) is 22.9 Å². The fourth-order valence-corrected chi connectivity index (χ4v) is 4.85. The summed E-state index contributed by atoms with van der Waals surface area (Å²) < 4.78 is -0.182. The predicted molar refractivity (Wildman–Crippen MR) is 82.4 cm³/mol. The van der Waals surface area contributed by atoms with Crippen molar-refractivity contribution in [2.45, 2.75) is 62.7 Å². The lowest BCUT2D eigenvalue weighted by Gasteiger charge is -2.40. The number of carbonyl (C=O) groups is 1. The van der Waals surface area contributed by atoms with Crippen molar-refractivity contribution in [3.05, 3.63) is 0 Å². The van der Waals surface area contributed by atoms with E-state index in [0.717, 1.165) is 36.3 Å². The molecule has 1 atom stereocenters. The molecule has 1 heterocycles. The molecular formula is C14H24BrNOS. The maximum atomic E-state index is 12.5. The summed E-state index contributed by atoms with van der Waals surface area (Å²) in [5, 5.41) is 4.27. The van der Waals surface area contributed by atoms with E-state index in [2.05, 4.69) is 35.1 Å². The maximum absolute atomic E-state index is 12.5. The zero-order valence-corrected chi connectivity index (χ0v) is 13.8. The zero-order chi connectivity index (χ0) is 13.2. The minimum atomic E-state index is -0.182. The molecular weight excluding hydrogens is 310 g/mol. The number of amides is 1. The van der Waals surface area contributed by atoms with Crippen molar-refractivity contribution in [2.75, 3.05) is 11.1 Å². The Labute approximate surface area is 123 Å². The maximum Gasteiger partial charge on any atom is 0.236 e. The van der Waals surface area contributed by atoms with Crippen LogP contribution in [0, 0.1) is 5.92 Å². The van der Waals surface area contributed by atoms with Gasteiger partial charge in [0.05, 0.1) is 4.75 Å². The van der Waals surface area contributed by atoms with Crippen LogP contribution in [0.1, 0.15) is 52.4 Å². The molecule has 2 nitrogen and oxygen atoms in total. The van der Waals surface area contributed by atoms with E-state index in [1.807, 2.05) is 11.8 Å². The Hall–Kier alpha value is 0.300. The van der Waals surface area contributed by atoms with Gasteiger partial charge in [-0.2, -0.15) is 0 Å². The number of alkyl halides is 1. The summed E-state index contributed by atoms with van der Waals surface area (Å²) in [6.07, 6.45) is 6.90. The zero-order valence-electron chi connectivity index (χ0n) is 11.4. The number of thioether (sulfide) groups is 1. The van der Waals surface area contributed by atoms with Gasteiger partial charge in [-0.15, -0.1) is 11.8 Å². The van der Waals surface area contributed by atoms with Crippen molar-refractivity contribution in [2.24, 2.45) is 5.92 Å². The second-order valence-corrected chi connectivity index (χ2v) is 8.39. The molecule has 0 radical (unpaired) electrons. The van der Waals surface area contributed by atoms with Gasteiger partial charge in [0.15, 0.2) is 0 Å². The molecule has 1 N–H and O–H groups in total. The molecule has 1 aliphatic carbocycles. The van der Waals surface area contributed by atoms with Crippen LogP contribution in [-0.4, -0.2) is 27.3 Å². The van der Waals surface area contributed by atoms with Crippen molar-refractivity contribution < 1.29 is 4.79 Å². The van der Waals surface area contributed by atoms with Crippen molar-refractivity contribution in [1.29, 1.82) is 0 Å². The Morgan fingerprint density at radius 2 is 2.06 bits per heavy atom. The van der Waals surface area contributed by atoms with E-state index in [9.17, 15) is 4.79 Å². The van der Waals surface area contributed by atoms with E-state index in [1.165, 1.54) is 19.3 Å². The molecule has 0 spiro atoms. The Morgan fingerprint density at radius 1 is 1.39 bits per heavy atom. The lowest BCUT2D eigenvalue weighted by molar-refractivity contribution is -0.125. The smallest absolute Gasteiger partial charge is 0.236 e. The highest BCUT2D eigenvalue weighted by Crippen LogP contribution is 2.40. The summed E-state index contributed by atoms with van der Waals surface area (Å²) in [5.41, 5.74) is 0.00968. The number of nitrogens with one attached hydrogen (secondary N) is 1. The van der Waals surface area contributed by atoms with Crippen LogP contribution < -0.4 is 5.32 Å². The molecule has 1 saturated carbocycles. The summed E-state index contributed by atoms with van der Waals surface area (Å²) in [6, 6.07) is 0. The van der Waals surface area contributed by atoms with Crippen LogP contribution in [0.15, 0.2) is 0 Å². The van der Waals surface area contributed by atoms with Gasteiger partial charge in [0.1, 0.15) is 0 Å². The van der Waals surface area contributed by atoms with E-state index in [0.29, 0.717) is 0 Å². The highest BCUT2D eigenvalue weighted by Gasteiger charge is 2.42. The van der Waals surface area contributed by atoms with Crippen LogP contribution in [0.5, 0.6) is 0 Å². The third-order valence-electron chi connectivity index (χ3n) is 4.56. The molecule has 2 rings (SSSR count). The van der Waals surface area contributed by atoms with Gasteiger partial charge in [-0.3, -0.25) is 4.79 Å². The van der Waals surface area contributed by atoms with Crippen molar-refractivity contribution in [1.82, 2.24) is 5.32 Å². The first-order chi connectivity index (χ1) is 8.50. The van der Waals surface area contributed by atoms with Crippen LogP contribution in [0.2, 0.25) is 0 Å². The molecule has 2 fully saturated rings. The third-order valence-corrected chi connectivity index (χ3v) is 7.16. The quantitative estimate of drug-likeness (QED) is 0.797. The number of carbonyl (C=O) groups excluding carboxylic acids is 1. The van der Waals surface area contributed by atoms with Crippen LogP contribution in [0.25, 0.3) is 0 Å². The van der Waals surface area contributed by atoms with E-state index in [4.69, 9.17) is 0 Å². The lowest BCUT2D eigenvalue weighted by Crippen LogP contribution is -2.56. The van der Waals surface area contributed by atoms with E-state index in [-0.39, 0.29) is 16.2 Å². The second kappa shape index (κ2) is 5.74. The largest absolute Gasteiger partial charge is 0.349 e. The van der Waals surface area contributed by atoms with Crippen LogP contribution >= 0.6 is 27.7 Å². The molecule has 0 aromatic rings. The Morgan fingerprint density at radius 3 is 2.56 bits per heavy atom. The normalized spacial score (nSPS) is 40.7. The summed E-state index contributed by atoms with van der Waals surface area (Å²) in [5.74, 6) is 2.20. The van der Waals surface area contributed by atoms with Gasteiger partial charge in [0, 0.05) is 10.9 Å². The summed E-state index contributed by atoms with van der Waals surface area (Å²) in [7, 11) is 0. The fraction of sp³-hybridized carbons (Fsp3) is 0.929. The molecule has 4 heteroatoms. The van der Waals surface area contributed by atoms with E-state index in [1.54, 1.807) is 0 Å². The highest BCUT2D eigenvalue weighted by atomic mass is 79.9. The average molecular weight is 334 g/mol. The van der Waals surface area contributed by atoms with Gasteiger partial charge in [0.2, 0.25) is 5.91 Å². The first-order valence-corrected chi connectivity index (χ1v) is 9.13. The Kier molecular flexibility index (Phi) is 4.69. The topological polar surface area (TPSA) is 29.1 Å². The number of hydrogen-bond acceptors (Lipinski definition) is 2. The van der Waals surface area contributed by atoms with Crippen molar-refractivity contribution >= 4 is 33.6 Å². The predicted octanol–water partition coefficient (Wildman–Crippen LogP) is 3.73. The lowest BCUT2D eigenvalue weighted by atomic mass is 9.78. The molecule has 1 aliphatic heterocycles. The van der Waals surface area contributed by atoms with Crippen LogP contribution in [-0.2, 0) is 4.79 Å². The molecule has 1 unspecified atom stereocenters. The first kappa shape index (κ1) is 14.7. The van der Waals surface area contributed by atoms with Gasteiger partial charge < -0.3 is 5.32 Å². The highest BCUT2D eigenvalue weighted by molar-refractivity contribution is 9.09.